The van der Waals surface area contributed by atoms with Gasteiger partial charge in [-0.15, -0.1) is 11.3 Å². The standard InChI is InChI=1S/C11H19NOS/c1-3-9(8-13)12-10(4-2)11-6-5-7-14-11/h5-7,9-10,12-13H,3-4,8H2,1-2H3/t9-,10?/m1/s1. The molecule has 0 fully saturated rings. The molecule has 1 rings (SSSR count). The first-order chi connectivity index (χ1) is 6.81. The van der Waals surface area contributed by atoms with Gasteiger partial charge < -0.3 is 10.4 Å². The zero-order chi connectivity index (χ0) is 10.4. The second-order valence-corrected chi connectivity index (χ2v) is 4.41. The molecule has 0 aromatic carbocycles. The third-order valence-corrected chi connectivity index (χ3v) is 3.43. The van der Waals surface area contributed by atoms with Gasteiger partial charge in [0.05, 0.1) is 6.61 Å². The third kappa shape index (κ3) is 3.08. The van der Waals surface area contributed by atoms with Gasteiger partial charge in [-0.2, -0.15) is 0 Å². The molecule has 1 unspecified atom stereocenters. The van der Waals surface area contributed by atoms with E-state index in [0.29, 0.717) is 6.04 Å². The molecule has 1 aromatic heterocycles. The number of aliphatic hydroxyl groups is 1. The summed E-state index contributed by atoms with van der Waals surface area (Å²) in [5.41, 5.74) is 0. The highest BCUT2D eigenvalue weighted by molar-refractivity contribution is 7.10. The lowest BCUT2D eigenvalue weighted by Gasteiger charge is -2.21. The molecule has 3 heteroatoms. The van der Waals surface area contributed by atoms with E-state index >= 15 is 0 Å². The highest BCUT2D eigenvalue weighted by atomic mass is 32.1. The molecule has 0 spiro atoms. The van der Waals surface area contributed by atoms with E-state index in [4.69, 9.17) is 5.11 Å². The Morgan fingerprint density at radius 2 is 2.21 bits per heavy atom. The van der Waals surface area contributed by atoms with Crippen LogP contribution in [0.1, 0.15) is 37.6 Å². The maximum atomic E-state index is 9.11. The van der Waals surface area contributed by atoms with E-state index in [1.807, 2.05) is 0 Å². The first-order valence-corrected chi connectivity index (χ1v) is 6.10. The molecule has 1 heterocycles. The highest BCUT2D eigenvalue weighted by Gasteiger charge is 2.13. The summed E-state index contributed by atoms with van der Waals surface area (Å²) in [5, 5.41) is 14.7. The molecule has 80 valence electrons. The SMILES string of the molecule is CCC(N[C@H](CC)CO)c1cccs1. The van der Waals surface area contributed by atoms with Crippen molar-refractivity contribution >= 4 is 11.3 Å². The fourth-order valence-electron chi connectivity index (χ4n) is 1.47. The van der Waals surface area contributed by atoms with Crippen LogP contribution < -0.4 is 5.32 Å². The van der Waals surface area contributed by atoms with E-state index in [-0.39, 0.29) is 12.6 Å². The summed E-state index contributed by atoms with van der Waals surface area (Å²) in [6, 6.07) is 4.84. The van der Waals surface area contributed by atoms with Gasteiger partial charge in [-0.25, -0.2) is 0 Å². The van der Waals surface area contributed by atoms with Crippen LogP contribution in [-0.2, 0) is 0 Å². The number of thiophene rings is 1. The molecule has 0 aliphatic heterocycles. The van der Waals surface area contributed by atoms with Crippen molar-refractivity contribution in [3.8, 4) is 0 Å². The highest BCUT2D eigenvalue weighted by Crippen LogP contribution is 2.22. The van der Waals surface area contributed by atoms with E-state index in [1.54, 1.807) is 11.3 Å². The van der Waals surface area contributed by atoms with Gasteiger partial charge in [-0.3, -0.25) is 0 Å². The second-order valence-electron chi connectivity index (χ2n) is 3.43. The van der Waals surface area contributed by atoms with Gasteiger partial charge in [0.15, 0.2) is 0 Å². The zero-order valence-corrected chi connectivity index (χ0v) is 9.68. The van der Waals surface area contributed by atoms with Crippen LogP contribution in [0, 0.1) is 0 Å². The first kappa shape index (κ1) is 11.7. The molecule has 0 aliphatic rings. The Hall–Kier alpha value is -0.380. The molecule has 1 aromatic rings. The summed E-state index contributed by atoms with van der Waals surface area (Å²) in [6.07, 6.45) is 2.04. The first-order valence-electron chi connectivity index (χ1n) is 5.22. The minimum atomic E-state index is 0.221. The Balaban J connectivity index is 2.55. The van der Waals surface area contributed by atoms with E-state index < -0.39 is 0 Å². The molecule has 0 saturated heterocycles. The molecule has 0 bridgehead atoms. The number of hydrogen-bond acceptors (Lipinski definition) is 3. The van der Waals surface area contributed by atoms with Crippen molar-refractivity contribution < 1.29 is 5.11 Å². The number of aliphatic hydroxyl groups excluding tert-OH is 1. The number of nitrogens with one attached hydrogen (secondary N) is 1. The smallest absolute Gasteiger partial charge is 0.0584 e. The third-order valence-electron chi connectivity index (χ3n) is 2.44. The molecular weight excluding hydrogens is 194 g/mol. The molecule has 0 radical (unpaired) electrons. The topological polar surface area (TPSA) is 32.3 Å². The van der Waals surface area contributed by atoms with Gasteiger partial charge in [0.25, 0.3) is 0 Å². The van der Waals surface area contributed by atoms with Crippen molar-refractivity contribution in [3.05, 3.63) is 22.4 Å². The van der Waals surface area contributed by atoms with Crippen LogP contribution in [0.25, 0.3) is 0 Å². The summed E-state index contributed by atoms with van der Waals surface area (Å²) < 4.78 is 0. The summed E-state index contributed by atoms with van der Waals surface area (Å²) in [7, 11) is 0. The Labute approximate surface area is 90.0 Å². The van der Waals surface area contributed by atoms with E-state index in [1.165, 1.54) is 4.88 Å². The van der Waals surface area contributed by atoms with Crippen molar-refractivity contribution in [2.45, 2.75) is 38.8 Å². The Bertz CT molecular complexity index is 231. The Morgan fingerprint density at radius 1 is 1.43 bits per heavy atom. The summed E-state index contributed by atoms with van der Waals surface area (Å²) in [4.78, 5) is 1.36. The largest absolute Gasteiger partial charge is 0.395 e. The van der Waals surface area contributed by atoms with Crippen LogP contribution in [0.3, 0.4) is 0 Å². The van der Waals surface area contributed by atoms with Crippen LogP contribution in [0.4, 0.5) is 0 Å². The summed E-state index contributed by atoms with van der Waals surface area (Å²) in [5.74, 6) is 0. The molecule has 2 nitrogen and oxygen atoms in total. The number of hydrogen-bond donors (Lipinski definition) is 2. The zero-order valence-electron chi connectivity index (χ0n) is 8.86. The minimum Gasteiger partial charge on any atom is -0.395 e. The summed E-state index contributed by atoms with van der Waals surface area (Å²) >= 11 is 1.77. The average Bonchev–Trinajstić information content (AvgIpc) is 2.73. The predicted octanol–water partition coefficient (Wildman–Crippen LogP) is 2.56. The molecule has 2 N–H and O–H groups in total. The van der Waals surface area contributed by atoms with Crippen molar-refractivity contribution in [3.63, 3.8) is 0 Å². The van der Waals surface area contributed by atoms with Crippen molar-refractivity contribution in [2.75, 3.05) is 6.61 Å². The predicted molar refractivity (Wildman–Crippen MR) is 61.7 cm³/mol. The lowest BCUT2D eigenvalue weighted by molar-refractivity contribution is 0.227. The lowest BCUT2D eigenvalue weighted by atomic mass is 10.1. The van der Waals surface area contributed by atoms with Crippen LogP contribution >= 0.6 is 11.3 Å². The Morgan fingerprint density at radius 3 is 2.64 bits per heavy atom. The van der Waals surface area contributed by atoms with E-state index in [9.17, 15) is 0 Å². The van der Waals surface area contributed by atoms with Crippen molar-refractivity contribution in [2.24, 2.45) is 0 Å². The summed E-state index contributed by atoms with van der Waals surface area (Å²) in [6.45, 7) is 4.48. The molecule has 0 saturated carbocycles. The van der Waals surface area contributed by atoms with Gasteiger partial charge >= 0.3 is 0 Å². The number of rotatable bonds is 6. The van der Waals surface area contributed by atoms with Gasteiger partial charge in [0.1, 0.15) is 0 Å². The molecule has 0 amide bonds. The monoisotopic (exact) mass is 213 g/mol. The van der Waals surface area contributed by atoms with Crippen LogP contribution in [0.5, 0.6) is 0 Å². The fraction of sp³-hybridized carbons (Fsp3) is 0.636. The van der Waals surface area contributed by atoms with Crippen molar-refractivity contribution in [1.82, 2.24) is 5.32 Å². The van der Waals surface area contributed by atoms with E-state index in [2.05, 4.69) is 36.7 Å². The van der Waals surface area contributed by atoms with Gasteiger partial charge in [0, 0.05) is 17.0 Å². The van der Waals surface area contributed by atoms with Crippen LogP contribution in [-0.4, -0.2) is 17.8 Å². The molecule has 0 aliphatic carbocycles. The lowest BCUT2D eigenvalue weighted by Crippen LogP contribution is -2.34. The van der Waals surface area contributed by atoms with Gasteiger partial charge in [-0.05, 0) is 24.3 Å². The maximum absolute atomic E-state index is 9.11. The van der Waals surface area contributed by atoms with Crippen LogP contribution in [0.15, 0.2) is 17.5 Å². The quantitative estimate of drug-likeness (QED) is 0.761. The van der Waals surface area contributed by atoms with Gasteiger partial charge in [-0.1, -0.05) is 19.9 Å². The second kappa shape index (κ2) is 6.17. The maximum Gasteiger partial charge on any atom is 0.0584 e. The van der Waals surface area contributed by atoms with Gasteiger partial charge in [0.2, 0.25) is 0 Å². The Kier molecular flexibility index (Phi) is 5.15. The van der Waals surface area contributed by atoms with E-state index in [0.717, 1.165) is 12.8 Å². The average molecular weight is 213 g/mol. The minimum absolute atomic E-state index is 0.221. The molecular formula is C11H19NOS. The van der Waals surface area contributed by atoms with Crippen LogP contribution in [0.2, 0.25) is 0 Å². The normalized spacial score (nSPS) is 15.4. The molecule has 2 atom stereocenters. The van der Waals surface area contributed by atoms with Crippen molar-refractivity contribution in [1.29, 1.82) is 0 Å². The molecule has 14 heavy (non-hydrogen) atoms. The fourth-order valence-corrected chi connectivity index (χ4v) is 2.35.